The summed E-state index contributed by atoms with van der Waals surface area (Å²) in [5.74, 6) is 1.15. The van der Waals surface area contributed by atoms with Crippen LogP contribution >= 0.6 is 0 Å². The standard InChI is InChI=1S/C12H19N5O3/c1-13-12-14-6-10(17(18)19)11(15-12)16-5-3-4-9(7-16)8-20-2/h6,9H,3-5,7-8H2,1-2H3,(H,13,14,15). The fourth-order valence-electron chi connectivity index (χ4n) is 2.48. The highest BCUT2D eigenvalue weighted by Crippen LogP contribution is 2.29. The molecule has 0 radical (unpaired) electrons. The molecule has 1 atom stereocenters. The van der Waals surface area contributed by atoms with E-state index in [4.69, 9.17) is 4.74 Å². The third-order valence-electron chi connectivity index (χ3n) is 3.39. The van der Waals surface area contributed by atoms with Crippen LogP contribution in [0.2, 0.25) is 0 Å². The Morgan fingerprint density at radius 1 is 1.65 bits per heavy atom. The van der Waals surface area contributed by atoms with E-state index in [2.05, 4.69) is 15.3 Å². The van der Waals surface area contributed by atoms with Gasteiger partial charge in [0, 0.05) is 27.2 Å². The van der Waals surface area contributed by atoms with Gasteiger partial charge >= 0.3 is 5.69 Å². The van der Waals surface area contributed by atoms with Gasteiger partial charge in [-0.3, -0.25) is 10.1 Å². The molecule has 0 amide bonds. The molecule has 0 aromatic carbocycles. The third-order valence-corrected chi connectivity index (χ3v) is 3.39. The second-order valence-electron chi connectivity index (χ2n) is 4.82. The number of nitrogens with zero attached hydrogens (tertiary/aromatic N) is 4. The first kappa shape index (κ1) is 14.4. The number of aromatic nitrogens is 2. The molecule has 1 saturated heterocycles. The van der Waals surface area contributed by atoms with E-state index >= 15 is 0 Å². The monoisotopic (exact) mass is 281 g/mol. The lowest BCUT2D eigenvalue weighted by Crippen LogP contribution is -2.38. The highest BCUT2D eigenvalue weighted by atomic mass is 16.6. The number of nitrogens with one attached hydrogen (secondary N) is 1. The summed E-state index contributed by atoms with van der Waals surface area (Å²) in [7, 11) is 3.36. The molecule has 1 aromatic rings. The fourth-order valence-corrected chi connectivity index (χ4v) is 2.48. The third kappa shape index (κ3) is 3.13. The Morgan fingerprint density at radius 2 is 2.45 bits per heavy atom. The quantitative estimate of drug-likeness (QED) is 0.642. The zero-order valence-corrected chi connectivity index (χ0v) is 11.7. The summed E-state index contributed by atoms with van der Waals surface area (Å²) in [5.41, 5.74) is -0.0536. The van der Waals surface area contributed by atoms with Crippen molar-refractivity contribution in [2.45, 2.75) is 12.8 Å². The lowest BCUT2D eigenvalue weighted by molar-refractivity contribution is -0.384. The van der Waals surface area contributed by atoms with Gasteiger partial charge < -0.3 is 15.0 Å². The summed E-state index contributed by atoms with van der Waals surface area (Å²) in [6.07, 6.45) is 3.31. The molecule has 8 heteroatoms. The minimum atomic E-state index is -0.436. The molecule has 110 valence electrons. The molecule has 2 rings (SSSR count). The number of methoxy groups -OCH3 is 1. The maximum Gasteiger partial charge on any atom is 0.329 e. The normalized spacial score (nSPS) is 18.9. The lowest BCUT2D eigenvalue weighted by Gasteiger charge is -2.32. The van der Waals surface area contributed by atoms with Crippen LogP contribution in [0, 0.1) is 16.0 Å². The van der Waals surface area contributed by atoms with Gasteiger partial charge in [0.1, 0.15) is 6.20 Å². The van der Waals surface area contributed by atoms with Crippen LogP contribution in [0.1, 0.15) is 12.8 Å². The van der Waals surface area contributed by atoms with Crippen LogP contribution in [0.25, 0.3) is 0 Å². The Hall–Kier alpha value is -1.96. The Kier molecular flexibility index (Phi) is 4.67. The fraction of sp³-hybridized carbons (Fsp3) is 0.667. The van der Waals surface area contributed by atoms with Crippen molar-refractivity contribution in [3.63, 3.8) is 0 Å². The lowest BCUT2D eigenvalue weighted by atomic mass is 9.99. The maximum absolute atomic E-state index is 11.1. The van der Waals surface area contributed by atoms with Crippen LogP contribution in [0.5, 0.6) is 0 Å². The zero-order chi connectivity index (χ0) is 14.5. The largest absolute Gasteiger partial charge is 0.384 e. The number of ether oxygens (including phenoxy) is 1. The summed E-state index contributed by atoms with van der Waals surface area (Å²) in [6, 6.07) is 0. The summed E-state index contributed by atoms with van der Waals surface area (Å²) in [5, 5.41) is 13.9. The predicted molar refractivity (Wildman–Crippen MR) is 75.0 cm³/mol. The summed E-state index contributed by atoms with van der Waals surface area (Å²) in [6.45, 7) is 2.14. The molecule has 1 N–H and O–H groups in total. The van der Waals surface area contributed by atoms with Crippen molar-refractivity contribution in [3.8, 4) is 0 Å². The van der Waals surface area contributed by atoms with E-state index in [9.17, 15) is 10.1 Å². The predicted octanol–water partition coefficient (Wildman–Crippen LogP) is 1.29. The molecule has 1 aliphatic rings. The molecule has 0 saturated carbocycles. The molecule has 1 unspecified atom stereocenters. The van der Waals surface area contributed by atoms with E-state index in [0.29, 0.717) is 24.3 Å². The molecule has 8 nitrogen and oxygen atoms in total. The van der Waals surface area contributed by atoms with Gasteiger partial charge in [0.05, 0.1) is 11.5 Å². The first-order chi connectivity index (χ1) is 9.65. The van der Waals surface area contributed by atoms with Crippen molar-refractivity contribution in [1.29, 1.82) is 0 Å². The molecule has 0 aliphatic carbocycles. The smallest absolute Gasteiger partial charge is 0.329 e. The average Bonchev–Trinajstić information content (AvgIpc) is 2.47. The van der Waals surface area contributed by atoms with E-state index < -0.39 is 4.92 Å². The topological polar surface area (TPSA) is 93.4 Å². The first-order valence-electron chi connectivity index (χ1n) is 6.58. The Morgan fingerprint density at radius 3 is 3.10 bits per heavy atom. The second kappa shape index (κ2) is 6.47. The van der Waals surface area contributed by atoms with Gasteiger partial charge in [-0.2, -0.15) is 4.98 Å². The van der Waals surface area contributed by atoms with Crippen molar-refractivity contribution in [3.05, 3.63) is 16.3 Å². The summed E-state index contributed by atoms with van der Waals surface area (Å²) in [4.78, 5) is 20.8. The molecule has 1 aromatic heterocycles. The van der Waals surface area contributed by atoms with E-state index in [0.717, 1.165) is 25.9 Å². The Labute approximate surface area is 117 Å². The molecular formula is C12H19N5O3. The number of hydrogen-bond donors (Lipinski definition) is 1. The molecule has 1 fully saturated rings. The van der Waals surface area contributed by atoms with Gasteiger partial charge in [0.2, 0.25) is 11.8 Å². The number of nitro groups is 1. The zero-order valence-electron chi connectivity index (χ0n) is 11.7. The number of anilines is 2. The SMILES string of the molecule is CNc1ncc([N+](=O)[O-])c(N2CCCC(COC)C2)n1. The highest BCUT2D eigenvalue weighted by molar-refractivity contribution is 5.59. The van der Waals surface area contributed by atoms with Crippen molar-refractivity contribution in [1.82, 2.24) is 9.97 Å². The molecule has 0 bridgehead atoms. The van der Waals surface area contributed by atoms with Crippen LogP contribution in [0.4, 0.5) is 17.5 Å². The van der Waals surface area contributed by atoms with E-state index in [1.807, 2.05) is 4.90 Å². The minimum absolute atomic E-state index is 0.0536. The summed E-state index contributed by atoms with van der Waals surface area (Å²) >= 11 is 0. The van der Waals surface area contributed by atoms with Crippen molar-refractivity contribution in [2.75, 3.05) is 44.1 Å². The minimum Gasteiger partial charge on any atom is -0.384 e. The van der Waals surface area contributed by atoms with Crippen LogP contribution in [0.15, 0.2) is 6.20 Å². The molecule has 2 heterocycles. The molecular weight excluding hydrogens is 262 g/mol. The second-order valence-corrected chi connectivity index (χ2v) is 4.82. The Bertz CT molecular complexity index is 480. The van der Waals surface area contributed by atoms with Gasteiger partial charge in [-0.05, 0) is 18.8 Å². The van der Waals surface area contributed by atoms with Gasteiger partial charge in [0.15, 0.2) is 0 Å². The van der Waals surface area contributed by atoms with Crippen molar-refractivity contribution >= 4 is 17.5 Å². The Balaban J connectivity index is 2.27. The van der Waals surface area contributed by atoms with Crippen molar-refractivity contribution < 1.29 is 9.66 Å². The van der Waals surface area contributed by atoms with Crippen LogP contribution < -0.4 is 10.2 Å². The number of rotatable bonds is 5. The molecule has 20 heavy (non-hydrogen) atoms. The van der Waals surface area contributed by atoms with Crippen LogP contribution in [0.3, 0.4) is 0 Å². The summed E-state index contributed by atoms with van der Waals surface area (Å²) < 4.78 is 5.18. The number of hydrogen-bond acceptors (Lipinski definition) is 7. The number of piperidine rings is 1. The average molecular weight is 281 g/mol. The van der Waals surface area contributed by atoms with E-state index in [1.165, 1.54) is 6.20 Å². The van der Waals surface area contributed by atoms with Gasteiger partial charge in [-0.1, -0.05) is 0 Å². The van der Waals surface area contributed by atoms with Gasteiger partial charge in [-0.25, -0.2) is 4.98 Å². The van der Waals surface area contributed by atoms with E-state index in [-0.39, 0.29) is 5.69 Å². The molecule has 0 spiro atoms. The first-order valence-corrected chi connectivity index (χ1v) is 6.58. The van der Waals surface area contributed by atoms with Crippen LogP contribution in [-0.2, 0) is 4.74 Å². The highest BCUT2D eigenvalue weighted by Gasteiger charge is 2.27. The molecule has 1 aliphatic heterocycles. The maximum atomic E-state index is 11.1. The van der Waals surface area contributed by atoms with Crippen LogP contribution in [-0.4, -0.2) is 48.7 Å². The van der Waals surface area contributed by atoms with Gasteiger partial charge in [-0.15, -0.1) is 0 Å². The van der Waals surface area contributed by atoms with Gasteiger partial charge in [0.25, 0.3) is 0 Å². The van der Waals surface area contributed by atoms with E-state index in [1.54, 1.807) is 14.2 Å². The van der Waals surface area contributed by atoms with Crippen molar-refractivity contribution in [2.24, 2.45) is 5.92 Å².